The van der Waals surface area contributed by atoms with Gasteiger partial charge in [0.1, 0.15) is 0 Å². The van der Waals surface area contributed by atoms with E-state index in [-0.39, 0.29) is 6.04 Å². The lowest BCUT2D eigenvalue weighted by atomic mass is 10.1. The largest absolute Gasteiger partial charge is 0.277 e. The normalized spacial score (nSPS) is 16.4. The Morgan fingerprint density at radius 1 is 1.24 bits per heavy atom. The summed E-state index contributed by atoms with van der Waals surface area (Å²) in [5.41, 5.74) is 2.24. The van der Waals surface area contributed by atoms with Crippen LogP contribution in [0.4, 0.5) is 0 Å². The molecular weight excluding hydrogens is 236 g/mol. The van der Waals surface area contributed by atoms with E-state index >= 15 is 0 Å². The molecule has 1 aromatic rings. The SMILES string of the molecule is CCc1ccc(CN(C2CC2)S(N)(=O)=O)cc1. The van der Waals surface area contributed by atoms with Crippen molar-refractivity contribution < 1.29 is 8.42 Å². The van der Waals surface area contributed by atoms with Crippen LogP contribution in [0.2, 0.25) is 0 Å². The van der Waals surface area contributed by atoms with Crippen molar-refractivity contribution in [3.63, 3.8) is 0 Å². The molecule has 0 unspecified atom stereocenters. The summed E-state index contributed by atoms with van der Waals surface area (Å²) in [5.74, 6) is 0. The van der Waals surface area contributed by atoms with Gasteiger partial charge in [0.05, 0.1) is 0 Å². The zero-order chi connectivity index (χ0) is 12.5. The van der Waals surface area contributed by atoms with Gasteiger partial charge >= 0.3 is 0 Å². The van der Waals surface area contributed by atoms with E-state index in [4.69, 9.17) is 5.14 Å². The minimum Gasteiger partial charge on any atom is -0.216 e. The Hall–Kier alpha value is -0.910. The van der Waals surface area contributed by atoms with Crippen LogP contribution < -0.4 is 5.14 Å². The minimum atomic E-state index is -3.58. The van der Waals surface area contributed by atoms with Crippen LogP contribution in [0.1, 0.15) is 30.9 Å². The number of hydrogen-bond acceptors (Lipinski definition) is 2. The van der Waals surface area contributed by atoms with Crippen LogP contribution in [0.5, 0.6) is 0 Å². The highest BCUT2D eigenvalue weighted by Crippen LogP contribution is 2.29. The van der Waals surface area contributed by atoms with Crippen molar-refractivity contribution in [2.75, 3.05) is 0 Å². The summed E-state index contributed by atoms with van der Waals surface area (Å²) in [6.45, 7) is 2.48. The molecule has 1 fully saturated rings. The molecular formula is C12H18N2O2S. The zero-order valence-corrected chi connectivity index (χ0v) is 10.8. The average molecular weight is 254 g/mol. The van der Waals surface area contributed by atoms with Gasteiger partial charge in [-0.25, -0.2) is 5.14 Å². The molecule has 1 aromatic carbocycles. The lowest BCUT2D eigenvalue weighted by Gasteiger charge is -2.18. The summed E-state index contributed by atoms with van der Waals surface area (Å²) < 4.78 is 24.3. The topological polar surface area (TPSA) is 63.4 Å². The van der Waals surface area contributed by atoms with E-state index in [0.29, 0.717) is 6.54 Å². The van der Waals surface area contributed by atoms with Crippen molar-refractivity contribution in [1.29, 1.82) is 0 Å². The average Bonchev–Trinajstić information content (AvgIpc) is 3.09. The van der Waals surface area contributed by atoms with Gasteiger partial charge in [-0.2, -0.15) is 12.7 Å². The third-order valence-electron chi connectivity index (χ3n) is 3.05. The molecule has 1 aliphatic rings. The summed E-state index contributed by atoms with van der Waals surface area (Å²) >= 11 is 0. The molecule has 0 aromatic heterocycles. The molecule has 0 heterocycles. The van der Waals surface area contributed by atoms with E-state index in [1.165, 1.54) is 9.87 Å². The van der Waals surface area contributed by atoms with Gasteiger partial charge in [0, 0.05) is 12.6 Å². The zero-order valence-electron chi connectivity index (χ0n) is 9.96. The van der Waals surface area contributed by atoms with Gasteiger partial charge in [0.2, 0.25) is 0 Å². The van der Waals surface area contributed by atoms with Crippen molar-refractivity contribution in [3.05, 3.63) is 35.4 Å². The molecule has 0 amide bonds. The molecule has 0 spiro atoms. The predicted octanol–water partition coefficient (Wildman–Crippen LogP) is 1.42. The van der Waals surface area contributed by atoms with Crippen LogP contribution in [-0.2, 0) is 23.2 Å². The first kappa shape index (κ1) is 12.5. The fraction of sp³-hybridized carbons (Fsp3) is 0.500. The van der Waals surface area contributed by atoms with Gasteiger partial charge in [-0.15, -0.1) is 0 Å². The highest BCUT2D eigenvalue weighted by Gasteiger charge is 2.35. The number of nitrogens with two attached hydrogens (primary N) is 1. The molecule has 94 valence electrons. The van der Waals surface area contributed by atoms with Crippen LogP contribution in [-0.4, -0.2) is 18.8 Å². The molecule has 2 N–H and O–H groups in total. The Bertz CT molecular complexity index is 478. The summed E-state index contributed by atoms with van der Waals surface area (Å²) in [6, 6.07) is 8.11. The van der Waals surface area contributed by atoms with Gasteiger partial charge in [-0.1, -0.05) is 31.2 Å². The maximum Gasteiger partial charge on any atom is 0.277 e. The van der Waals surface area contributed by atoms with Crippen molar-refractivity contribution in [2.45, 2.75) is 38.8 Å². The Kier molecular flexibility index (Phi) is 3.51. The molecule has 0 radical (unpaired) electrons. The van der Waals surface area contributed by atoms with E-state index in [2.05, 4.69) is 6.92 Å². The lowest BCUT2D eigenvalue weighted by molar-refractivity contribution is 0.399. The second-order valence-electron chi connectivity index (χ2n) is 4.49. The number of rotatable bonds is 5. The monoisotopic (exact) mass is 254 g/mol. The van der Waals surface area contributed by atoms with E-state index < -0.39 is 10.2 Å². The van der Waals surface area contributed by atoms with E-state index in [1.54, 1.807) is 0 Å². The maximum atomic E-state index is 11.4. The maximum absolute atomic E-state index is 11.4. The van der Waals surface area contributed by atoms with Crippen molar-refractivity contribution in [1.82, 2.24) is 4.31 Å². The fourth-order valence-corrected chi connectivity index (χ4v) is 2.81. The van der Waals surface area contributed by atoms with Crippen LogP contribution >= 0.6 is 0 Å². The molecule has 0 aliphatic heterocycles. The summed E-state index contributed by atoms with van der Waals surface area (Å²) in [5, 5.41) is 5.22. The Morgan fingerprint density at radius 2 is 1.76 bits per heavy atom. The minimum absolute atomic E-state index is 0.107. The molecule has 17 heavy (non-hydrogen) atoms. The summed E-state index contributed by atoms with van der Waals surface area (Å²) in [4.78, 5) is 0. The van der Waals surface area contributed by atoms with E-state index in [0.717, 1.165) is 24.8 Å². The standard InChI is InChI=1S/C12H18N2O2S/c1-2-10-3-5-11(6-4-10)9-14(12-7-8-12)17(13,15)16/h3-6,12H,2,7-9H2,1H3,(H2,13,15,16). The van der Waals surface area contributed by atoms with Crippen LogP contribution in [0.25, 0.3) is 0 Å². The van der Waals surface area contributed by atoms with E-state index in [9.17, 15) is 8.42 Å². The van der Waals surface area contributed by atoms with Gasteiger partial charge in [0.15, 0.2) is 0 Å². The highest BCUT2D eigenvalue weighted by molar-refractivity contribution is 7.86. The van der Waals surface area contributed by atoms with Crippen molar-refractivity contribution in [3.8, 4) is 0 Å². The molecule has 1 aliphatic carbocycles. The Morgan fingerprint density at radius 3 is 2.18 bits per heavy atom. The number of nitrogens with zero attached hydrogens (tertiary/aromatic N) is 1. The quantitative estimate of drug-likeness (QED) is 0.863. The van der Waals surface area contributed by atoms with Crippen LogP contribution in [0, 0.1) is 0 Å². The Labute approximate surface area is 103 Å². The summed E-state index contributed by atoms with van der Waals surface area (Å²) in [6.07, 6.45) is 2.83. The molecule has 0 atom stereocenters. The number of aryl methyl sites for hydroxylation is 1. The molecule has 1 saturated carbocycles. The molecule has 0 bridgehead atoms. The number of benzene rings is 1. The molecule has 0 saturated heterocycles. The second-order valence-corrected chi connectivity index (χ2v) is 5.99. The molecule has 4 nitrogen and oxygen atoms in total. The number of hydrogen-bond donors (Lipinski definition) is 1. The summed E-state index contributed by atoms with van der Waals surface area (Å²) in [7, 11) is -3.58. The first-order valence-electron chi connectivity index (χ1n) is 5.88. The van der Waals surface area contributed by atoms with Crippen molar-refractivity contribution >= 4 is 10.2 Å². The van der Waals surface area contributed by atoms with Gasteiger partial charge in [-0.05, 0) is 30.4 Å². The van der Waals surface area contributed by atoms with Crippen LogP contribution in [0.3, 0.4) is 0 Å². The first-order valence-corrected chi connectivity index (χ1v) is 7.38. The first-order chi connectivity index (χ1) is 8.00. The predicted molar refractivity (Wildman–Crippen MR) is 67.5 cm³/mol. The third kappa shape index (κ3) is 3.28. The van der Waals surface area contributed by atoms with Gasteiger partial charge in [0.25, 0.3) is 10.2 Å². The highest BCUT2D eigenvalue weighted by atomic mass is 32.2. The Balaban J connectivity index is 2.12. The fourth-order valence-electron chi connectivity index (χ4n) is 1.85. The second kappa shape index (κ2) is 4.76. The lowest BCUT2D eigenvalue weighted by Crippen LogP contribution is -2.37. The van der Waals surface area contributed by atoms with E-state index in [1.807, 2.05) is 24.3 Å². The van der Waals surface area contributed by atoms with Gasteiger partial charge < -0.3 is 0 Å². The molecule has 5 heteroatoms. The molecule has 2 rings (SSSR count). The van der Waals surface area contributed by atoms with Crippen molar-refractivity contribution in [2.24, 2.45) is 5.14 Å². The van der Waals surface area contributed by atoms with Crippen LogP contribution in [0.15, 0.2) is 24.3 Å². The third-order valence-corrected chi connectivity index (χ3v) is 4.13. The van der Waals surface area contributed by atoms with Gasteiger partial charge in [-0.3, -0.25) is 0 Å². The smallest absolute Gasteiger partial charge is 0.216 e.